The number of rotatable bonds is 26. The predicted octanol–water partition coefficient (Wildman–Crippen LogP) is 9.80. The van der Waals surface area contributed by atoms with E-state index in [1.165, 1.54) is 57.8 Å². The lowest BCUT2D eigenvalue weighted by Gasteiger charge is -2.26. The van der Waals surface area contributed by atoms with Crippen LogP contribution in [0, 0.1) is 0 Å². The van der Waals surface area contributed by atoms with E-state index in [0.29, 0.717) is 0 Å². The maximum absolute atomic E-state index is 13.7. The van der Waals surface area contributed by atoms with Gasteiger partial charge in [0.25, 0.3) is 0 Å². The lowest BCUT2D eigenvalue weighted by molar-refractivity contribution is 0.0696. The van der Waals surface area contributed by atoms with Crippen molar-refractivity contribution in [2.75, 3.05) is 18.5 Å². The van der Waals surface area contributed by atoms with Gasteiger partial charge in [-0.25, -0.2) is 9.59 Å². The molecule has 9 heteroatoms. The number of carboxylic acids is 2. The maximum Gasteiger partial charge on any atom is 0.335 e. The van der Waals surface area contributed by atoms with Gasteiger partial charge in [0.1, 0.15) is 0 Å². The Morgan fingerprint density at radius 2 is 0.902 bits per heavy atom. The Bertz CT molecular complexity index is 921. The molecule has 1 aromatic carbocycles. The highest BCUT2D eigenvalue weighted by atomic mass is 32.2. The highest BCUT2D eigenvalue weighted by molar-refractivity contribution is 7.94. The van der Waals surface area contributed by atoms with Crippen LogP contribution >= 0.6 is 7.49 Å². The van der Waals surface area contributed by atoms with E-state index < -0.39 is 29.5 Å². The number of hydrogen-bond acceptors (Lipinski definition) is 5. The summed E-state index contributed by atoms with van der Waals surface area (Å²) < 4.78 is 33.7. The zero-order valence-electron chi connectivity index (χ0n) is 25.9. The summed E-state index contributed by atoms with van der Waals surface area (Å²) >= 11 is 0. The Hall–Kier alpha value is -1.50. The molecular formula is C32H56O7PS+. The van der Waals surface area contributed by atoms with Gasteiger partial charge in [0, 0.05) is 0 Å². The van der Waals surface area contributed by atoms with Crippen LogP contribution < -0.4 is 0 Å². The van der Waals surface area contributed by atoms with Crippen LogP contribution in [0.3, 0.4) is 0 Å². The van der Waals surface area contributed by atoms with Gasteiger partial charge in [-0.2, -0.15) is 8.42 Å². The average Bonchev–Trinajstić information content (AvgIpc) is 2.94. The summed E-state index contributed by atoms with van der Waals surface area (Å²) in [6, 6.07) is 3.03. The Labute approximate surface area is 250 Å². The summed E-state index contributed by atoms with van der Waals surface area (Å²) in [5.41, 5.74) is -0.752. The smallest absolute Gasteiger partial charge is 0.335 e. The molecule has 0 aliphatic heterocycles. The van der Waals surface area contributed by atoms with Crippen molar-refractivity contribution >= 4 is 29.5 Å². The van der Waals surface area contributed by atoms with E-state index in [4.69, 9.17) is 3.97 Å². The molecule has 0 fully saturated rings. The fourth-order valence-electron chi connectivity index (χ4n) is 5.23. The fourth-order valence-corrected chi connectivity index (χ4v) is 11.7. The predicted molar refractivity (Wildman–Crippen MR) is 170 cm³/mol. The maximum atomic E-state index is 13.7. The normalized spacial score (nSPS) is 12.1. The minimum atomic E-state index is -4.36. The van der Waals surface area contributed by atoms with Gasteiger partial charge in [-0.05, 0) is 56.7 Å². The molecular weight excluding hydrogens is 559 g/mol. The quantitative estimate of drug-likeness (QED) is 0.0786. The van der Waals surface area contributed by atoms with E-state index in [-0.39, 0.29) is 16.0 Å². The lowest BCUT2D eigenvalue weighted by Crippen LogP contribution is -2.18. The molecule has 7 nitrogen and oxygen atoms in total. The third-order valence-electron chi connectivity index (χ3n) is 7.70. The van der Waals surface area contributed by atoms with Crippen molar-refractivity contribution < 1.29 is 32.2 Å². The average molecular weight is 616 g/mol. The number of hydrogen-bond donors (Lipinski definition) is 2. The Morgan fingerprint density at radius 3 is 1.22 bits per heavy atom. The van der Waals surface area contributed by atoms with E-state index in [1.807, 2.05) is 0 Å². The van der Waals surface area contributed by atoms with Crippen molar-refractivity contribution in [3.8, 4) is 0 Å². The zero-order valence-corrected chi connectivity index (χ0v) is 27.6. The molecule has 0 aliphatic carbocycles. The van der Waals surface area contributed by atoms with E-state index >= 15 is 0 Å². The van der Waals surface area contributed by atoms with Gasteiger partial charge in [-0.15, -0.1) is 3.97 Å². The summed E-state index contributed by atoms with van der Waals surface area (Å²) in [5.74, 6) is -2.76. The van der Waals surface area contributed by atoms with Crippen LogP contribution in [-0.2, 0) is 14.1 Å². The van der Waals surface area contributed by atoms with E-state index in [9.17, 15) is 28.2 Å². The minimum absolute atomic E-state index is 0.376. The SMILES string of the molecule is CCCCCCCC[P+](CCCCCCCC)(CCCCCCCC)OS(=O)(=O)c1cc(C(=O)O)cc(C(=O)O)c1. The molecule has 0 amide bonds. The van der Waals surface area contributed by atoms with E-state index in [1.54, 1.807) is 0 Å². The van der Waals surface area contributed by atoms with Gasteiger partial charge >= 0.3 is 22.1 Å². The monoisotopic (exact) mass is 615 g/mol. The zero-order chi connectivity index (χ0) is 30.6. The molecule has 0 aromatic heterocycles. The Morgan fingerprint density at radius 1 is 0.585 bits per heavy atom. The third-order valence-corrected chi connectivity index (χ3v) is 14.0. The van der Waals surface area contributed by atoms with Crippen LogP contribution in [0.1, 0.15) is 157 Å². The first kappa shape index (κ1) is 37.5. The van der Waals surface area contributed by atoms with Crippen LogP contribution in [0.25, 0.3) is 0 Å². The van der Waals surface area contributed by atoms with Crippen LogP contribution in [0.4, 0.5) is 0 Å². The molecule has 2 N–H and O–H groups in total. The molecule has 0 radical (unpaired) electrons. The van der Waals surface area contributed by atoms with Gasteiger partial charge in [-0.3, -0.25) is 0 Å². The number of benzene rings is 1. The first-order valence-electron chi connectivity index (χ1n) is 16.0. The molecule has 0 spiro atoms. The summed E-state index contributed by atoms with van der Waals surface area (Å²) in [5, 5.41) is 19.0. The summed E-state index contributed by atoms with van der Waals surface area (Å²) in [6.07, 6.45) is 22.0. The van der Waals surface area contributed by atoms with Gasteiger partial charge < -0.3 is 10.2 Å². The molecule has 1 aromatic rings. The molecule has 0 heterocycles. The molecule has 0 saturated carbocycles. The largest absolute Gasteiger partial charge is 0.478 e. The Balaban J connectivity index is 3.27. The summed E-state index contributed by atoms with van der Waals surface area (Å²) in [6.45, 7) is 6.56. The number of carboxylic acid groups (broad SMARTS) is 2. The first-order chi connectivity index (χ1) is 19.6. The molecule has 41 heavy (non-hydrogen) atoms. The topological polar surface area (TPSA) is 118 Å². The first-order valence-corrected chi connectivity index (χ1v) is 19.7. The van der Waals surface area contributed by atoms with Crippen LogP contribution in [0.2, 0.25) is 0 Å². The van der Waals surface area contributed by atoms with Crippen LogP contribution in [0.15, 0.2) is 23.1 Å². The van der Waals surface area contributed by atoms with Crippen molar-refractivity contribution in [1.82, 2.24) is 0 Å². The van der Waals surface area contributed by atoms with Crippen LogP contribution in [-0.4, -0.2) is 49.1 Å². The van der Waals surface area contributed by atoms with Crippen LogP contribution in [0.5, 0.6) is 0 Å². The molecule has 0 unspecified atom stereocenters. The second-order valence-electron chi connectivity index (χ2n) is 11.4. The minimum Gasteiger partial charge on any atom is -0.478 e. The number of carbonyl (C=O) groups is 2. The van der Waals surface area contributed by atoms with E-state index in [2.05, 4.69) is 20.8 Å². The van der Waals surface area contributed by atoms with Crippen molar-refractivity contribution in [3.63, 3.8) is 0 Å². The highest BCUT2D eigenvalue weighted by Gasteiger charge is 2.44. The lowest BCUT2D eigenvalue weighted by atomic mass is 10.1. The van der Waals surface area contributed by atoms with Gasteiger partial charge in [0.05, 0.1) is 34.5 Å². The van der Waals surface area contributed by atoms with Crippen molar-refractivity contribution in [3.05, 3.63) is 29.3 Å². The molecule has 0 aliphatic rings. The second-order valence-corrected chi connectivity index (χ2v) is 16.9. The fraction of sp³-hybridized carbons (Fsp3) is 0.750. The van der Waals surface area contributed by atoms with Gasteiger partial charge in [-0.1, -0.05) is 97.8 Å². The Kier molecular flexibility index (Phi) is 19.4. The summed E-state index contributed by atoms with van der Waals surface area (Å²) in [7, 11) is -6.77. The highest BCUT2D eigenvalue weighted by Crippen LogP contribution is 2.63. The molecule has 1 rings (SSSR count). The van der Waals surface area contributed by atoms with Gasteiger partial charge in [0.2, 0.25) is 0 Å². The third kappa shape index (κ3) is 15.5. The molecule has 0 saturated heterocycles. The van der Waals surface area contributed by atoms with Crippen molar-refractivity contribution in [1.29, 1.82) is 0 Å². The standard InChI is InChI=1S/C32H55O7PS/c1-4-7-10-13-16-19-22-40(23-20-17-14-11-8-5-2,24-21-18-15-12-9-6-3)39-41(37,38)30-26-28(31(33)34)25-29(27-30)32(35)36/h25-27H,4-24H2,1-3H3,(H-,33,34,35,36)/p+1. The molecule has 0 atom stereocenters. The molecule has 236 valence electrons. The molecule has 0 bridgehead atoms. The van der Waals surface area contributed by atoms with Gasteiger partial charge in [0.15, 0.2) is 7.49 Å². The van der Waals surface area contributed by atoms with Crippen molar-refractivity contribution in [2.24, 2.45) is 0 Å². The number of aromatic carboxylic acids is 2. The summed E-state index contributed by atoms with van der Waals surface area (Å²) in [4.78, 5) is 23.0. The van der Waals surface area contributed by atoms with E-state index in [0.717, 1.165) is 94.5 Å². The number of unbranched alkanes of at least 4 members (excludes halogenated alkanes) is 15. The second kappa shape index (κ2) is 21.2. The van der Waals surface area contributed by atoms with Crippen molar-refractivity contribution in [2.45, 2.75) is 141 Å².